The van der Waals surface area contributed by atoms with Crippen molar-refractivity contribution in [1.29, 1.82) is 0 Å². The lowest BCUT2D eigenvalue weighted by Gasteiger charge is -2.41. The molecule has 0 aliphatic heterocycles. The lowest BCUT2D eigenvalue weighted by molar-refractivity contribution is 0.191. The molecule has 0 aliphatic rings. The first-order valence-electron chi connectivity index (χ1n) is 7.74. The second-order valence-electron chi connectivity index (χ2n) is 6.16. The Balaban J connectivity index is 4.47. The van der Waals surface area contributed by atoms with Gasteiger partial charge in [0.25, 0.3) is 0 Å². The maximum atomic E-state index is 3.98. The Morgan fingerprint density at radius 2 is 1.06 bits per heavy atom. The summed E-state index contributed by atoms with van der Waals surface area (Å²) in [6, 6.07) is 0. The second kappa shape index (κ2) is 8.13. The minimum Gasteiger partial charge on any atom is -0.306 e. The number of rotatable bonds is 10. The summed E-state index contributed by atoms with van der Waals surface area (Å²) in [6.45, 7) is 14.0. The lowest BCUT2D eigenvalue weighted by atomic mass is 9.84. The van der Waals surface area contributed by atoms with Crippen molar-refractivity contribution in [3.8, 4) is 0 Å². The summed E-state index contributed by atoms with van der Waals surface area (Å²) in [5, 5.41) is 3.98. The molecule has 0 aromatic rings. The molecule has 0 spiro atoms. The van der Waals surface area contributed by atoms with Gasteiger partial charge in [0.05, 0.1) is 0 Å². The Hall–Kier alpha value is -0.0400. The highest BCUT2D eigenvalue weighted by molar-refractivity contribution is 4.92. The Kier molecular flexibility index (Phi) is 8.11. The van der Waals surface area contributed by atoms with Crippen LogP contribution in [0.25, 0.3) is 0 Å². The van der Waals surface area contributed by atoms with Crippen molar-refractivity contribution in [3.05, 3.63) is 0 Å². The van der Waals surface area contributed by atoms with E-state index in [4.69, 9.17) is 0 Å². The first kappa shape index (κ1) is 17.0. The van der Waals surface area contributed by atoms with Gasteiger partial charge in [0.2, 0.25) is 0 Å². The zero-order chi connectivity index (χ0) is 13.4. The highest BCUT2D eigenvalue weighted by Gasteiger charge is 2.30. The summed E-state index contributed by atoms with van der Waals surface area (Å²) in [5.74, 6) is 0. The van der Waals surface area contributed by atoms with Crippen molar-refractivity contribution < 1.29 is 0 Å². The van der Waals surface area contributed by atoms with Crippen LogP contribution in [0, 0.1) is 0 Å². The molecule has 0 bridgehead atoms. The third-order valence-electron chi connectivity index (χ3n) is 4.33. The first-order chi connectivity index (χ1) is 7.95. The minimum absolute atomic E-state index is 0.328. The van der Waals surface area contributed by atoms with Gasteiger partial charge in [-0.15, -0.1) is 0 Å². The Labute approximate surface area is 110 Å². The van der Waals surface area contributed by atoms with Crippen LogP contribution in [0.1, 0.15) is 92.9 Å². The van der Waals surface area contributed by atoms with Crippen LogP contribution >= 0.6 is 0 Å². The molecule has 0 aromatic carbocycles. The van der Waals surface area contributed by atoms with Gasteiger partial charge in [-0.1, -0.05) is 53.4 Å². The van der Waals surface area contributed by atoms with Crippen LogP contribution in [0.2, 0.25) is 0 Å². The quantitative estimate of drug-likeness (QED) is 0.547. The molecule has 0 amide bonds. The lowest BCUT2D eigenvalue weighted by Crippen LogP contribution is -2.54. The first-order valence-corrected chi connectivity index (χ1v) is 7.74. The van der Waals surface area contributed by atoms with E-state index in [9.17, 15) is 0 Å². The molecule has 0 rings (SSSR count). The summed E-state index contributed by atoms with van der Waals surface area (Å²) in [5.41, 5.74) is 0.656. The van der Waals surface area contributed by atoms with Crippen LogP contribution in [-0.2, 0) is 0 Å². The van der Waals surface area contributed by atoms with E-state index in [0.717, 1.165) is 0 Å². The molecule has 0 heterocycles. The standard InChI is InChI=1S/C16H35N/c1-7-11-13-15(5,9-3)17-16(6,10-4)14-12-8-2/h17H,7-14H2,1-6H3. The van der Waals surface area contributed by atoms with Crippen molar-refractivity contribution in [3.63, 3.8) is 0 Å². The molecule has 104 valence electrons. The van der Waals surface area contributed by atoms with Gasteiger partial charge < -0.3 is 5.32 Å². The van der Waals surface area contributed by atoms with E-state index in [1.807, 2.05) is 0 Å². The van der Waals surface area contributed by atoms with Crippen molar-refractivity contribution in [1.82, 2.24) is 5.32 Å². The number of nitrogens with one attached hydrogen (secondary N) is 1. The Bertz CT molecular complexity index is 170. The molecule has 1 nitrogen and oxygen atoms in total. The summed E-state index contributed by atoms with van der Waals surface area (Å²) in [6.07, 6.45) is 10.4. The molecule has 0 saturated carbocycles. The molecule has 0 radical (unpaired) electrons. The van der Waals surface area contributed by atoms with Gasteiger partial charge in [0, 0.05) is 11.1 Å². The van der Waals surface area contributed by atoms with Crippen molar-refractivity contribution >= 4 is 0 Å². The highest BCUT2D eigenvalue weighted by atomic mass is 15.0. The molecule has 0 aliphatic carbocycles. The monoisotopic (exact) mass is 241 g/mol. The van der Waals surface area contributed by atoms with E-state index >= 15 is 0 Å². The molecular formula is C16H35N. The van der Waals surface area contributed by atoms with Crippen molar-refractivity contribution in [2.75, 3.05) is 0 Å². The largest absolute Gasteiger partial charge is 0.306 e. The Morgan fingerprint density at radius 1 is 0.706 bits per heavy atom. The van der Waals surface area contributed by atoms with Gasteiger partial charge in [0.15, 0.2) is 0 Å². The summed E-state index contributed by atoms with van der Waals surface area (Å²) >= 11 is 0. The third kappa shape index (κ3) is 6.45. The fraction of sp³-hybridized carbons (Fsp3) is 1.00. The normalized spacial score (nSPS) is 18.7. The van der Waals surface area contributed by atoms with Gasteiger partial charge in [-0.25, -0.2) is 0 Å². The van der Waals surface area contributed by atoms with Crippen LogP contribution in [0.4, 0.5) is 0 Å². The number of unbranched alkanes of at least 4 members (excludes halogenated alkanes) is 2. The molecule has 1 N–H and O–H groups in total. The second-order valence-corrected chi connectivity index (χ2v) is 6.16. The van der Waals surface area contributed by atoms with Crippen LogP contribution in [0.5, 0.6) is 0 Å². The minimum atomic E-state index is 0.328. The van der Waals surface area contributed by atoms with E-state index in [0.29, 0.717) is 11.1 Å². The topological polar surface area (TPSA) is 12.0 Å². The van der Waals surface area contributed by atoms with Crippen LogP contribution in [0.15, 0.2) is 0 Å². The van der Waals surface area contributed by atoms with E-state index in [-0.39, 0.29) is 0 Å². The predicted octanol–water partition coefficient (Wildman–Crippen LogP) is 5.29. The molecule has 0 fully saturated rings. The van der Waals surface area contributed by atoms with E-state index in [1.165, 1.54) is 51.4 Å². The molecule has 0 aromatic heterocycles. The van der Waals surface area contributed by atoms with Gasteiger partial charge in [0.1, 0.15) is 0 Å². The SMILES string of the molecule is CCCCC(C)(CC)NC(C)(CC)CCCC. The zero-order valence-corrected chi connectivity index (χ0v) is 13.2. The number of hydrogen-bond acceptors (Lipinski definition) is 1. The van der Waals surface area contributed by atoms with E-state index in [1.54, 1.807) is 0 Å². The third-order valence-corrected chi connectivity index (χ3v) is 4.33. The van der Waals surface area contributed by atoms with Gasteiger partial charge in [-0.05, 0) is 39.5 Å². The zero-order valence-electron chi connectivity index (χ0n) is 13.2. The van der Waals surface area contributed by atoms with Crippen molar-refractivity contribution in [2.45, 2.75) is 104 Å². The van der Waals surface area contributed by atoms with Crippen LogP contribution < -0.4 is 5.32 Å². The van der Waals surface area contributed by atoms with E-state index < -0.39 is 0 Å². The maximum Gasteiger partial charge on any atom is 0.0155 e. The smallest absolute Gasteiger partial charge is 0.0155 e. The maximum absolute atomic E-state index is 3.98. The highest BCUT2D eigenvalue weighted by Crippen LogP contribution is 2.26. The summed E-state index contributed by atoms with van der Waals surface area (Å²) in [7, 11) is 0. The molecular weight excluding hydrogens is 206 g/mol. The van der Waals surface area contributed by atoms with Crippen LogP contribution in [0.3, 0.4) is 0 Å². The van der Waals surface area contributed by atoms with Crippen LogP contribution in [-0.4, -0.2) is 11.1 Å². The average molecular weight is 241 g/mol. The fourth-order valence-electron chi connectivity index (χ4n) is 2.52. The van der Waals surface area contributed by atoms with Crippen molar-refractivity contribution in [2.24, 2.45) is 0 Å². The van der Waals surface area contributed by atoms with Gasteiger partial charge in [-0.2, -0.15) is 0 Å². The molecule has 17 heavy (non-hydrogen) atoms. The molecule has 0 saturated heterocycles. The van der Waals surface area contributed by atoms with E-state index in [2.05, 4.69) is 46.9 Å². The molecule has 2 atom stereocenters. The molecule has 1 heteroatoms. The summed E-state index contributed by atoms with van der Waals surface area (Å²) < 4.78 is 0. The summed E-state index contributed by atoms with van der Waals surface area (Å²) in [4.78, 5) is 0. The Morgan fingerprint density at radius 3 is 1.29 bits per heavy atom. The van der Waals surface area contributed by atoms with Gasteiger partial charge in [-0.3, -0.25) is 0 Å². The molecule has 2 unspecified atom stereocenters. The van der Waals surface area contributed by atoms with Gasteiger partial charge >= 0.3 is 0 Å². The fourth-order valence-corrected chi connectivity index (χ4v) is 2.52. The number of hydrogen-bond donors (Lipinski definition) is 1. The predicted molar refractivity (Wildman–Crippen MR) is 79.6 cm³/mol. The average Bonchev–Trinajstić information content (AvgIpc) is 2.34.